The molecule has 0 spiro atoms. The quantitative estimate of drug-likeness (QED) is 0.104. The number of carbonyl (C=O) groups is 2. The maximum Gasteiger partial charge on any atom is 0.337 e. The highest BCUT2D eigenvalue weighted by Gasteiger charge is 2.08. The minimum absolute atomic E-state index is 0.324. The van der Waals surface area contributed by atoms with Crippen molar-refractivity contribution in [1.29, 1.82) is 0 Å². The Kier molecular flexibility index (Phi) is 12.2. The fourth-order valence-corrected chi connectivity index (χ4v) is 4.64. The van der Waals surface area contributed by atoms with Crippen molar-refractivity contribution in [2.75, 3.05) is 14.2 Å². The average Bonchev–Trinajstić information content (AvgIpc) is 3.13. The van der Waals surface area contributed by atoms with Crippen LogP contribution in [0, 0.1) is 20.1 Å². The molecule has 4 heterocycles. The minimum atomic E-state index is -0.377. The van der Waals surface area contributed by atoms with E-state index in [1.54, 1.807) is 49.1 Å². The molecule has 0 aliphatic rings. The zero-order valence-electron chi connectivity index (χ0n) is 26.3. The molecule has 48 heavy (non-hydrogen) atoms. The summed E-state index contributed by atoms with van der Waals surface area (Å²) in [6, 6.07) is 22.0. The number of hydrogen-bond donors (Lipinski definition) is 0. The molecule has 0 amide bonds. The number of fused-ring (bicyclic) bond motifs is 2. The topological polar surface area (TPSA) is 113 Å². The maximum absolute atomic E-state index is 11.6. The molecular formula is C37H29ClN6O4. The smallest absolute Gasteiger partial charge is 0.337 e. The van der Waals surface area contributed by atoms with E-state index >= 15 is 0 Å². The number of carbonyl (C=O) groups excluding carboxylic acids is 2. The van der Waals surface area contributed by atoms with E-state index in [0.717, 1.165) is 44.3 Å². The van der Waals surface area contributed by atoms with Gasteiger partial charge in [0.2, 0.25) is 11.4 Å². The van der Waals surface area contributed by atoms with Gasteiger partial charge in [0, 0.05) is 48.5 Å². The standard InChI is InChI=1S/C18H13N3O2.C11H7ClN2.C8H9NO2/c1-19-16-10-14-7-12(3-4-17(14)21-11-16)8-15-9-13(5-6-20-15)18(22)23-2;1-13-10-5-9-4-8(6-12)2-3-11(9)14-7-10;1-6-5-7(3-4-9-6)8(10)11-2/h3-7,9-11H,8H2,2H3;2-5,7H,6H2;3-5H,1-2H3. The summed E-state index contributed by atoms with van der Waals surface area (Å²) in [6.45, 7) is 15.8. The molecule has 2 aromatic carbocycles. The van der Waals surface area contributed by atoms with Crippen LogP contribution in [0.5, 0.6) is 0 Å². The summed E-state index contributed by atoms with van der Waals surface area (Å²) in [4.78, 5) is 45.9. The number of hydrogen-bond acceptors (Lipinski definition) is 8. The number of rotatable bonds is 5. The van der Waals surface area contributed by atoms with Gasteiger partial charge in [0.05, 0.1) is 49.5 Å². The Morgan fingerprint density at radius 1 is 0.688 bits per heavy atom. The second-order valence-corrected chi connectivity index (χ2v) is 10.4. The van der Waals surface area contributed by atoms with E-state index in [0.29, 0.717) is 34.8 Å². The van der Waals surface area contributed by atoms with Crippen LogP contribution >= 0.6 is 11.6 Å². The lowest BCUT2D eigenvalue weighted by atomic mass is 10.0. The van der Waals surface area contributed by atoms with Crippen molar-refractivity contribution in [3.63, 3.8) is 0 Å². The van der Waals surface area contributed by atoms with Gasteiger partial charge >= 0.3 is 11.9 Å². The normalized spacial score (nSPS) is 9.96. The van der Waals surface area contributed by atoms with Crippen molar-refractivity contribution in [3.8, 4) is 0 Å². The van der Waals surface area contributed by atoms with Crippen molar-refractivity contribution in [2.45, 2.75) is 19.2 Å². The largest absolute Gasteiger partial charge is 0.465 e. The molecule has 0 fully saturated rings. The van der Waals surface area contributed by atoms with Crippen molar-refractivity contribution in [1.82, 2.24) is 19.9 Å². The van der Waals surface area contributed by atoms with Crippen LogP contribution in [-0.2, 0) is 21.8 Å². The number of nitrogens with zero attached hydrogens (tertiary/aromatic N) is 6. The summed E-state index contributed by atoms with van der Waals surface area (Å²) in [5.41, 5.74) is 7.51. The highest BCUT2D eigenvalue weighted by Crippen LogP contribution is 2.22. The molecule has 0 aliphatic heterocycles. The number of methoxy groups -OCH3 is 2. The Hall–Kier alpha value is -6.23. The number of benzene rings is 2. The molecular weight excluding hydrogens is 628 g/mol. The van der Waals surface area contributed by atoms with Crippen LogP contribution in [0.25, 0.3) is 31.5 Å². The SMILES string of the molecule is COC(=O)c1ccnc(C)c1.[C-]#[N+]c1cnc2ccc(CCl)cc2c1.[C-]#[N+]c1cnc2ccc(Cc3cc(C(=O)OC)ccn3)cc2c1. The van der Waals surface area contributed by atoms with Crippen molar-refractivity contribution < 1.29 is 19.1 Å². The van der Waals surface area contributed by atoms with Gasteiger partial charge in [-0.25, -0.2) is 19.3 Å². The van der Waals surface area contributed by atoms with E-state index in [1.807, 2.05) is 55.5 Å². The molecule has 11 heteroatoms. The first-order chi connectivity index (χ1) is 23.3. The first-order valence-electron chi connectivity index (χ1n) is 14.4. The van der Waals surface area contributed by atoms with E-state index in [9.17, 15) is 9.59 Å². The highest BCUT2D eigenvalue weighted by atomic mass is 35.5. The minimum Gasteiger partial charge on any atom is -0.465 e. The predicted molar refractivity (Wildman–Crippen MR) is 184 cm³/mol. The summed E-state index contributed by atoms with van der Waals surface area (Å²) in [5.74, 6) is -0.216. The molecule has 4 aromatic heterocycles. The lowest BCUT2D eigenvalue weighted by molar-refractivity contribution is 0.0591. The third-order valence-corrected chi connectivity index (χ3v) is 7.12. The summed E-state index contributed by atoms with van der Waals surface area (Å²) in [5, 5.41) is 1.89. The molecule has 0 N–H and O–H groups in total. The van der Waals surface area contributed by atoms with Gasteiger partial charge in [-0.3, -0.25) is 19.9 Å². The van der Waals surface area contributed by atoms with Crippen LogP contribution in [0.4, 0.5) is 11.4 Å². The highest BCUT2D eigenvalue weighted by molar-refractivity contribution is 6.17. The van der Waals surface area contributed by atoms with Crippen LogP contribution in [0.1, 0.15) is 43.2 Å². The van der Waals surface area contributed by atoms with Gasteiger partial charge in [0.15, 0.2) is 0 Å². The molecule has 6 aromatic rings. The molecule has 10 nitrogen and oxygen atoms in total. The zero-order valence-corrected chi connectivity index (χ0v) is 27.1. The Labute approximate surface area is 282 Å². The molecule has 0 saturated heterocycles. The van der Waals surface area contributed by atoms with Gasteiger partial charge in [-0.15, -0.1) is 11.6 Å². The molecule has 0 aliphatic carbocycles. The third-order valence-electron chi connectivity index (χ3n) is 6.82. The van der Waals surface area contributed by atoms with Gasteiger partial charge in [-0.05, 0) is 83.4 Å². The summed E-state index contributed by atoms with van der Waals surface area (Å²) < 4.78 is 9.25. The second-order valence-electron chi connectivity index (χ2n) is 10.2. The van der Waals surface area contributed by atoms with Crippen LogP contribution < -0.4 is 0 Å². The number of alkyl halides is 1. The fourth-order valence-electron chi connectivity index (χ4n) is 4.47. The molecule has 0 atom stereocenters. The Balaban J connectivity index is 0.000000177. The Morgan fingerprint density at radius 3 is 1.73 bits per heavy atom. The molecule has 238 valence electrons. The van der Waals surface area contributed by atoms with E-state index < -0.39 is 0 Å². The number of ether oxygens (including phenoxy) is 2. The maximum atomic E-state index is 11.6. The van der Waals surface area contributed by atoms with Gasteiger partial charge < -0.3 is 9.47 Å². The van der Waals surface area contributed by atoms with Gasteiger partial charge in [0.1, 0.15) is 0 Å². The summed E-state index contributed by atoms with van der Waals surface area (Å²) in [6.07, 6.45) is 6.91. The predicted octanol–water partition coefficient (Wildman–Crippen LogP) is 8.26. The Bertz CT molecular complexity index is 2170. The van der Waals surface area contributed by atoms with Gasteiger partial charge in [0.25, 0.3) is 0 Å². The molecule has 0 bridgehead atoms. The number of aryl methyl sites for hydroxylation is 1. The van der Waals surface area contributed by atoms with Crippen molar-refractivity contribution in [2.24, 2.45) is 0 Å². The van der Waals surface area contributed by atoms with Crippen LogP contribution in [0.2, 0.25) is 0 Å². The third kappa shape index (κ3) is 9.39. The monoisotopic (exact) mass is 656 g/mol. The van der Waals surface area contributed by atoms with Gasteiger partial charge in [-0.2, -0.15) is 0 Å². The lowest BCUT2D eigenvalue weighted by Crippen LogP contribution is -2.03. The molecule has 6 rings (SSSR count). The average molecular weight is 657 g/mol. The summed E-state index contributed by atoms with van der Waals surface area (Å²) >= 11 is 5.72. The fraction of sp³-hybridized carbons (Fsp3) is 0.135. The molecule has 0 saturated carbocycles. The van der Waals surface area contributed by atoms with Crippen LogP contribution in [-0.4, -0.2) is 46.1 Å². The number of pyridine rings is 4. The zero-order chi connectivity index (χ0) is 34.5. The van der Waals surface area contributed by atoms with Crippen molar-refractivity contribution in [3.05, 3.63) is 154 Å². The van der Waals surface area contributed by atoms with Gasteiger partial charge in [-0.1, -0.05) is 18.2 Å². The van der Waals surface area contributed by atoms with E-state index in [-0.39, 0.29) is 11.9 Å². The van der Waals surface area contributed by atoms with E-state index in [1.165, 1.54) is 14.2 Å². The second kappa shape index (κ2) is 16.9. The van der Waals surface area contributed by atoms with Crippen LogP contribution in [0.15, 0.2) is 97.6 Å². The first kappa shape index (κ1) is 34.6. The first-order valence-corrected chi connectivity index (χ1v) is 14.9. The number of esters is 2. The van der Waals surface area contributed by atoms with Crippen LogP contribution in [0.3, 0.4) is 0 Å². The van der Waals surface area contributed by atoms with Crippen molar-refractivity contribution >= 4 is 56.7 Å². The lowest BCUT2D eigenvalue weighted by Gasteiger charge is -2.05. The molecule has 0 radical (unpaired) electrons. The Morgan fingerprint density at radius 2 is 1.21 bits per heavy atom. The molecule has 0 unspecified atom stereocenters. The van der Waals surface area contributed by atoms with E-state index in [2.05, 4.69) is 34.4 Å². The summed E-state index contributed by atoms with van der Waals surface area (Å²) in [7, 11) is 2.71. The van der Waals surface area contributed by atoms with E-state index in [4.69, 9.17) is 29.5 Å². The number of aromatic nitrogens is 4. The number of halogens is 1.